The molecule has 0 bridgehead atoms. The van der Waals surface area contributed by atoms with Gasteiger partial charge >= 0.3 is 0 Å². The summed E-state index contributed by atoms with van der Waals surface area (Å²) in [6.45, 7) is 6.39. The Morgan fingerprint density at radius 2 is 1.76 bits per heavy atom. The van der Waals surface area contributed by atoms with E-state index in [0.29, 0.717) is 26.4 Å². The van der Waals surface area contributed by atoms with Crippen LogP contribution < -0.4 is 10.1 Å². The molecule has 0 fully saturated rings. The maximum Gasteiger partial charge on any atom is 0.193 e. The van der Waals surface area contributed by atoms with Crippen LogP contribution >= 0.6 is 0 Å². The third-order valence-corrected chi connectivity index (χ3v) is 3.70. The first-order valence-corrected chi connectivity index (χ1v) is 8.91. The number of rotatable bonds is 12. The molecule has 1 aromatic carbocycles. The van der Waals surface area contributed by atoms with Crippen molar-refractivity contribution in [3.05, 3.63) is 29.8 Å². The second-order valence-electron chi connectivity index (χ2n) is 5.76. The van der Waals surface area contributed by atoms with Crippen molar-refractivity contribution in [1.82, 2.24) is 10.2 Å². The van der Waals surface area contributed by atoms with Crippen LogP contribution in [0.3, 0.4) is 0 Å². The Hall–Kier alpha value is -1.79. The first-order valence-electron chi connectivity index (χ1n) is 8.91. The third kappa shape index (κ3) is 9.31. The molecule has 0 atom stereocenters. The van der Waals surface area contributed by atoms with Crippen LogP contribution in [0.2, 0.25) is 0 Å². The van der Waals surface area contributed by atoms with Crippen LogP contribution in [0.25, 0.3) is 0 Å². The van der Waals surface area contributed by atoms with E-state index in [-0.39, 0.29) is 0 Å². The van der Waals surface area contributed by atoms with E-state index in [1.807, 2.05) is 19.2 Å². The van der Waals surface area contributed by atoms with Gasteiger partial charge in [0, 0.05) is 33.8 Å². The lowest BCUT2D eigenvalue weighted by Gasteiger charge is -2.22. The zero-order chi connectivity index (χ0) is 18.3. The molecule has 0 aliphatic carbocycles. The van der Waals surface area contributed by atoms with E-state index < -0.39 is 0 Å². The predicted molar refractivity (Wildman–Crippen MR) is 102 cm³/mol. The van der Waals surface area contributed by atoms with Gasteiger partial charge in [0.15, 0.2) is 5.96 Å². The maximum atomic E-state index is 5.56. The number of nitrogens with zero attached hydrogens (tertiary/aromatic N) is 2. The van der Waals surface area contributed by atoms with Gasteiger partial charge < -0.3 is 24.4 Å². The van der Waals surface area contributed by atoms with Crippen LogP contribution in [0.1, 0.15) is 25.3 Å². The molecule has 6 heteroatoms. The molecular formula is C19H33N3O3. The van der Waals surface area contributed by atoms with Gasteiger partial charge in [-0.25, -0.2) is 0 Å². The molecule has 0 aliphatic rings. The summed E-state index contributed by atoms with van der Waals surface area (Å²) in [5, 5.41) is 3.31. The molecule has 0 heterocycles. The molecule has 0 spiro atoms. The van der Waals surface area contributed by atoms with Crippen LogP contribution in [-0.4, -0.2) is 65.0 Å². The molecule has 0 saturated heterocycles. The molecule has 1 rings (SSSR count). The van der Waals surface area contributed by atoms with Crippen molar-refractivity contribution in [2.24, 2.45) is 4.99 Å². The number of unbranched alkanes of at least 4 members (excludes halogenated alkanes) is 1. The van der Waals surface area contributed by atoms with Crippen molar-refractivity contribution in [3.8, 4) is 5.75 Å². The van der Waals surface area contributed by atoms with Crippen LogP contribution in [0.5, 0.6) is 5.75 Å². The summed E-state index contributed by atoms with van der Waals surface area (Å²) >= 11 is 0. The van der Waals surface area contributed by atoms with Gasteiger partial charge in [-0.1, -0.05) is 25.5 Å². The Kier molecular flexibility index (Phi) is 11.5. The number of benzene rings is 1. The lowest BCUT2D eigenvalue weighted by molar-refractivity contribution is 0.0486. The van der Waals surface area contributed by atoms with Gasteiger partial charge in [-0.15, -0.1) is 0 Å². The molecule has 142 valence electrons. The van der Waals surface area contributed by atoms with Crippen molar-refractivity contribution in [2.75, 3.05) is 54.2 Å². The fourth-order valence-corrected chi connectivity index (χ4v) is 2.27. The van der Waals surface area contributed by atoms with E-state index in [4.69, 9.17) is 14.2 Å². The molecule has 25 heavy (non-hydrogen) atoms. The standard InChI is InChI=1S/C19H33N3O3/c1-5-6-12-24-14-15-25-13-11-21-19(20-2)22(3)16-17-7-9-18(23-4)10-8-17/h7-10H,5-6,11-16H2,1-4H3,(H,20,21). The molecular weight excluding hydrogens is 318 g/mol. The summed E-state index contributed by atoms with van der Waals surface area (Å²) in [7, 11) is 5.48. The summed E-state index contributed by atoms with van der Waals surface area (Å²) in [6, 6.07) is 8.06. The number of guanidine groups is 1. The highest BCUT2D eigenvalue weighted by atomic mass is 16.5. The van der Waals surface area contributed by atoms with Crippen molar-refractivity contribution < 1.29 is 14.2 Å². The summed E-state index contributed by atoms with van der Waals surface area (Å²) in [4.78, 5) is 6.39. The Morgan fingerprint density at radius 3 is 2.36 bits per heavy atom. The topological polar surface area (TPSA) is 55.3 Å². The van der Waals surface area contributed by atoms with Crippen LogP contribution in [0.15, 0.2) is 29.3 Å². The van der Waals surface area contributed by atoms with Gasteiger partial charge in [-0.05, 0) is 24.1 Å². The predicted octanol–water partition coefficient (Wildman–Crippen LogP) is 2.54. The zero-order valence-corrected chi connectivity index (χ0v) is 16.1. The molecule has 0 aromatic heterocycles. The van der Waals surface area contributed by atoms with Crippen LogP contribution in [0, 0.1) is 0 Å². The van der Waals surface area contributed by atoms with Gasteiger partial charge in [-0.3, -0.25) is 4.99 Å². The van der Waals surface area contributed by atoms with Crippen LogP contribution in [0.4, 0.5) is 0 Å². The highest BCUT2D eigenvalue weighted by Crippen LogP contribution is 2.12. The molecule has 0 radical (unpaired) electrons. The number of hydrogen-bond acceptors (Lipinski definition) is 4. The first-order chi connectivity index (χ1) is 12.2. The second-order valence-corrected chi connectivity index (χ2v) is 5.76. The molecule has 1 aromatic rings. The van der Waals surface area contributed by atoms with E-state index >= 15 is 0 Å². The van der Waals surface area contributed by atoms with E-state index in [2.05, 4.69) is 34.3 Å². The number of aliphatic imine (C=N–C) groups is 1. The van der Waals surface area contributed by atoms with Crippen molar-refractivity contribution >= 4 is 5.96 Å². The maximum absolute atomic E-state index is 5.56. The number of ether oxygens (including phenoxy) is 3. The highest BCUT2D eigenvalue weighted by Gasteiger charge is 2.06. The average molecular weight is 351 g/mol. The van der Waals surface area contributed by atoms with E-state index in [9.17, 15) is 0 Å². The van der Waals surface area contributed by atoms with Gasteiger partial charge in [-0.2, -0.15) is 0 Å². The van der Waals surface area contributed by atoms with Gasteiger partial charge in [0.1, 0.15) is 5.75 Å². The second kappa shape index (κ2) is 13.5. The van der Waals surface area contributed by atoms with E-state index in [1.54, 1.807) is 14.2 Å². The van der Waals surface area contributed by atoms with Gasteiger partial charge in [0.05, 0.1) is 26.9 Å². The summed E-state index contributed by atoms with van der Waals surface area (Å²) in [5.41, 5.74) is 1.20. The molecule has 0 amide bonds. The summed E-state index contributed by atoms with van der Waals surface area (Å²) in [5.74, 6) is 1.71. The fraction of sp³-hybridized carbons (Fsp3) is 0.632. The lowest BCUT2D eigenvalue weighted by Crippen LogP contribution is -2.40. The SMILES string of the molecule is CCCCOCCOCCNC(=NC)N(C)Cc1ccc(OC)cc1. The fourth-order valence-electron chi connectivity index (χ4n) is 2.27. The van der Waals surface area contributed by atoms with Crippen molar-refractivity contribution in [3.63, 3.8) is 0 Å². The molecule has 1 N–H and O–H groups in total. The molecule has 6 nitrogen and oxygen atoms in total. The molecule has 0 saturated carbocycles. The average Bonchev–Trinajstić information content (AvgIpc) is 2.64. The number of nitrogens with one attached hydrogen (secondary N) is 1. The van der Waals surface area contributed by atoms with Crippen LogP contribution in [-0.2, 0) is 16.0 Å². The highest BCUT2D eigenvalue weighted by molar-refractivity contribution is 5.79. The summed E-state index contributed by atoms with van der Waals surface area (Å²) in [6.07, 6.45) is 2.27. The number of hydrogen-bond donors (Lipinski definition) is 1. The van der Waals surface area contributed by atoms with Crippen molar-refractivity contribution in [2.45, 2.75) is 26.3 Å². The Morgan fingerprint density at radius 1 is 1.08 bits per heavy atom. The lowest BCUT2D eigenvalue weighted by atomic mass is 10.2. The minimum Gasteiger partial charge on any atom is -0.497 e. The van der Waals surface area contributed by atoms with E-state index in [0.717, 1.165) is 37.7 Å². The third-order valence-electron chi connectivity index (χ3n) is 3.70. The quantitative estimate of drug-likeness (QED) is 0.356. The smallest absolute Gasteiger partial charge is 0.193 e. The molecule has 0 aliphatic heterocycles. The van der Waals surface area contributed by atoms with Gasteiger partial charge in [0.25, 0.3) is 0 Å². The molecule has 0 unspecified atom stereocenters. The number of methoxy groups -OCH3 is 1. The zero-order valence-electron chi connectivity index (χ0n) is 16.1. The monoisotopic (exact) mass is 351 g/mol. The van der Waals surface area contributed by atoms with Crippen molar-refractivity contribution in [1.29, 1.82) is 0 Å². The largest absolute Gasteiger partial charge is 0.497 e. The Labute approximate surface area is 152 Å². The summed E-state index contributed by atoms with van der Waals surface area (Å²) < 4.78 is 16.2. The first kappa shape index (κ1) is 21.3. The van der Waals surface area contributed by atoms with Gasteiger partial charge in [0.2, 0.25) is 0 Å². The normalized spacial score (nSPS) is 11.4. The minimum atomic E-state index is 0.631. The Balaban J connectivity index is 2.19. The van der Waals surface area contributed by atoms with E-state index in [1.165, 1.54) is 5.56 Å². The Bertz CT molecular complexity index is 477. The minimum absolute atomic E-state index is 0.631.